The summed E-state index contributed by atoms with van der Waals surface area (Å²) in [4.78, 5) is 16.8. The fraction of sp³-hybridized carbons (Fsp3) is 0.533. The number of likely N-dealkylation sites (N-methyl/N-ethyl adjacent to an activating group) is 2. The Hall–Kier alpha value is -1.55. The zero-order chi connectivity index (χ0) is 13.8. The van der Waals surface area contributed by atoms with E-state index in [1.807, 2.05) is 43.3 Å². The Kier molecular flexibility index (Phi) is 4.43. The van der Waals surface area contributed by atoms with Gasteiger partial charge in [-0.3, -0.25) is 4.79 Å². The number of likely N-dealkylation sites (tertiary alicyclic amines) is 1. The maximum Gasteiger partial charge on any atom is 0.255 e. The molecular weight excluding hydrogens is 238 g/mol. The maximum absolute atomic E-state index is 12.6. The Labute approximate surface area is 115 Å². The molecule has 1 aromatic rings. The van der Waals surface area contributed by atoms with E-state index in [-0.39, 0.29) is 5.91 Å². The number of amides is 1. The van der Waals surface area contributed by atoms with Gasteiger partial charge in [-0.05, 0) is 38.6 Å². The monoisotopic (exact) mass is 261 g/mol. The van der Waals surface area contributed by atoms with E-state index < -0.39 is 0 Å². The van der Waals surface area contributed by atoms with E-state index in [2.05, 4.69) is 17.3 Å². The second-order valence-electron chi connectivity index (χ2n) is 5.27. The number of para-hydroxylation sites is 1. The van der Waals surface area contributed by atoms with Gasteiger partial charge >= 0.3 is 0 Å². The molecule has 1 fully saturated rings. The van der Waals surface area contributed by atoms with Gasteiger partial charge in [0.2, 0.25) is 0 Å². The molecule has 1 aliphatic heterocycles. The third-order valence-corrected chi connectivity index (χ3v) is 3.89. The molecule has 0 aliphatic carbocycles. The highest BCUT2D eigenvalue weighted by Crippen LogP contribution is 2.20. The predicted octanol–water partition coefficient (Wildman–Crippen LogP) is 1.89. The van der Waals surface area contributed by atoms with Crippen LogP contribution in [0.3, 0.4) is 0 Å². The average molecular weight is 261 g/mol. The molecule has 4 nitrogen and oxygen atoms in total. The first kappa shape index (κ1) is 13.9. The third-order valence-electron chi connectivity index (χ3n) is 3.89. The van der Waals surface area contributed by atoms with Crippen molar-refractivity contribution in [2.75, 3.05) is 39.5 Å². The standard InChI is InChI=1S/C15H23N3O/c1-16-14-9-5-4-8-13(14)15(19)18(3)12-7-6-10-17(2)11-12/h4-5,8-9,12,16H,6-7,10-11H2,1-3H3. The van der Waals surface area contributed by atoms with Crippen LogP contribution < -0.4 is 5.32 Å². The van der Waals surface area contributed by atoms with Gasteiger partial charge in [0.1, 0.15) is 0 Å². The van der Waals surface area contributed by atoms with Crippen LogP contribution >= 0.6 is 0 Å². The fourth-order valence-electron chi connectivity index (χ4n) is 2.70. The molecule has 1 N–H and O–H groups in total. The molecule has 0 saturated carbocycles. The second-order valence-corrected chi connectivity index (χ2v) is 5.27. The van der Waals surface area contributed by atoms with Gasteiger partial charge in [0.25, 0.3) is 5.91 Å². The lowest BCUT2D eigenvalue weighted by Crippen LogP contribution is -2.47. The van der Waals surface area contributed by atoms with Crippen molar-refractivity contribution < 1.29 is 4.79 Å². The van der Waals surface area contributed by atoms with Crippen LogP contribution in [0.4, 0.5) is 5.69 Å². The molecule has 0 spiro atoms. The van der Waals surface area contributed by atoms with E-state index in [0.717, 1.165) is 37.2 Å². The van der Waals surface area contributed by atoms with Crippen molar-refractivity contribution in [3.8, 4) is 0 Å². The molecule has 2 rings (SSSR count). The van der Waals surface area contributed by atoms with Crippen molar-refractivity contribution in [3.63, 3.8) is 0 Å². The van der Waals surface area contributed by atoms with E-state index in [1.54, 1.807) is 0 Å². The lowest BCUT2D eigenvalue weighted by molar-refractivity contribution is 0.0645. The van der Waals surface area contributed by atoms with Gasteiger partial charge in [0.05, 0.1) is 5.56 Å². The zero-order valence-corrected chi connectivity index (χ0v) is 12.0. The van der Waals surface area contributed by atoms with E-state index >= 15 is 0 Å². The Balaban J connectivity index is 2.14. The molecule has 104 valence electrons. The molecule has 1 atom stereocenters. The SMILES string of the molecule is CNc1ccccc1C(=O)N(C)C1CCCN(C)C1. The van der Waals surface area contributed by atoms with Crippen molar-refractivity contribution in [3.05, 3.63) is 29.8 Å². The number of rotatable bonds is 3. The Morgan fingerprint density at radius 2 is 2.16 bits per heavy atom. The molecule has 1 aromatic carbocycles. The number of nitrogens with zero attached hydrogens (tertiary/aromatic N) is 2. The molecule has 4 heteroatoms. The van der Waals surface area contributed by atoms with Crippen LogP contribution in [-0.2, 0) is 0 Å². The summed E-state index contributed by atoms with van der Waals surface area (Å²) in [6.45, 7) is 2.09. The van der Waals surface area contributed by atoms with Gasteiger partial charge in [0, 0.05) is 32.4 Å². The van der Waals surface area contributed by atoms with E-state index in [0.29, 0.717) is 6.04 Å². The lowest BCUT2D eigenvalue weighted by Gasteiger charge is -2.36. The highest BCUT2D eigenvalue weighted by atomic mass is 16.2. The molecular formula is C15H23N3O. The molecule has 19 heavy (non-hydrogen) atoms. The van der Waals surface area contributed by atoms with Crippen molar-refractivity contribution in [2.24, 2.45) is 0 Å². The molecule has 0 bridgehead atoms. The van der Waals surface area contributed by atoms with Crippen LogP contribution in [0.25, 0.3) is 0 Å². The average Bonchev–Trinajstić information content (AvgIpc) is 2.45. The summed E-state index contributed by atoms with van der Waals surface area (Å²) in [5.41, 5.74) is 1.64. The summed E-state index contributed by atoms with van der Waals surface area (Å²) >= 11 is 0. The van der Waals surface area contributed by atoms with E-state index in [4.69, 9.17) is 0 Å². The van der Waals surface area contributed by atoms with Gasteiger partial charge in [-0.2, -0.15) is 0 Å². The van der Waals surface area contributed by atoms with Crippen LogP contribution in [-0.4, -0.2) is 56.0 Å². The Morgan fingerprint density at radius 3 is 2.84 bits per heavy atom. The molecule has 1 saturated heterocycles. The minimum absolute atomic E-state index is 0.102. The lowest BCUT2D eigenvalue weighted by atomic mass is 10.0. The van der Waals surface area contributed by atoms with Crippen LogP contribution in [0.1, 0.15) is 23.2 Å². The summed E-state index contributed by atoms with van der Waals surface area (Å²) in [6, 6.07) is 7.99. The largest absolute Gasteiger partial charge is 0.387 e. The van der Waals surface area contributed by atoms with Gasteiger partial charge < -0.3 is 15.1 Å². The molecule has 0 aromatic heterocycles. The highest BCUT2D eigenvalue weighted by molar-refractivity contribution is 5.99. The molecule has 1 unspecified atom stereocenters. The Morgan fingerprint density at radius 1 is 1.42 bits per heavy atom. The highest BCUT2D eigenvalue weighted by Gasteiger charge is 2.26. The van der Waals surface area contributed by atoms with Crippen LogP contribution in [0.5, 0.6) is 0 Å². The van der Waals surface area contributed by atoms with Crippen LogP contribution in [0.2, 0.25) is 0 Å². The first-order valence-electron chi connectivity index (χ1n) is 6.86. The number of anilines is 1. The number of carbonyl (C=O) groups excluding carboxylic acids is 1. The number of benzene rings is 1. The third kappa shape index (κ3) is 3.07. The summed E-state index contributed by atoms with van der Waals surface area (Å²) in [7, 11) is 5.88. The number of hydrogen-bond acceptors (Lipinski definition) is 3. The van der Waals surface area contributed by atoms with Crippen molar-refractivity contribution in [1.82, 2.24) is 9.80 Å². The smallest absolute Gasteiger partial charge is 0.255 e. The van der Waals surface area contributed by atoms with E-state index in [1.165, 1.54) is 0 Å². The fourth-order valence-corrected chi connectivity index (χ4v) is 2.70. The predicted molar refractivity (Wildman–Crippen MR) is 78.6 cm³/mol. The first-order chi connectivity index (χ1) is 9.13. The molecule has 1 amide bonds. The zero-order valence-electron chi connectivity index (χ0n) is 12.0. The maximum atomic E-state index is 12.6. The van der Waals surface area contributed by atoms with Crippen molar-refractivity contribution >= 4 is 11.6 Å². The minimum Gasteiger partial charge on any atom is -0.387 e. The summed E-state index contributed by atoms with van der Waals surface area (Å²) in [5.74, 6) is 0.102. The van der Waals surface area contributed by atoms with Gasteiger partial charge in [0.15, 0.2) is 0 Å². The second kappa shape index (κ2) is 6.06. The number of piperidine rings is 1. The van der Waals surface area contributed by atoms with Crippen molar-refractivity contribution in [2.45, 2.75) is 18.9 Å². The summed E-state index contributed by atoms with van der Waals surface area (Å²) in [6.07, 6.45) is 2.25. The first-order valence-corrected chi connectivity index (χ1v) is 6.86. The molecule has 0 radical (unpaired) electrons. The molecule has 1 heterocycles. The van der Waals surface area contributed by atoms with Gasteiger partial charge in [-0.15, -0.1) is 0 Å². The quantitative estimate of drug-likeness (QED) is 0.902. The van der Waals surface area contributed by atoms with Gasteiger partial charge in [-0.1, -0.05) is 12.1 Å². The van der Waals surface area contributed by atoms with E-state index in [9.17, 15) is 4.79 Å². The molecule has 1 aliphatic rings. The number of carbonyl (C=O) groups is 1. The normalized spacial score (nSPS) is 20.1. The summed E-state index contributed by atoms with van der Waals surface area (Å²) < 4.78 is 0. The van der Waals surface area contributed by atoms with Crippen LogP contribution in [0.15, 0.2) is 24.3 Å². The van der Waals surface area contributed by atoms with Crippen LogP contribution in [0, 0.1) is 0 Å². The number of hydrogen-bond donors (Lipinski definition) is 1. The minimum atomic E-state index is 0.102. The number of nitrogens with one attached hydrogen (secondary N) is 1. The Bertz CT molecular complexity index is 447. The van der Waals surface area contributed by atoms with Gasteiger partial charge in [-0.25, -0.2) is 0 Å². The van der Waals surface area contributed by atoms with Crippen molar-refractivity contribution in [1.29, 1.82) is 0 Å². The topological polar surface area (TPSA) is 35.6 Å². The summed E-state index contributed by atoms with van der Waals surface area (Å²) in [5, 5.41) is 3.09.